The van der Waals surface area contributed by atoms with Crippen LogP contribution in [-0.4, -0.2) is 31.0 Å². The molecule has 0 radical (unpaired) electrons. The zero-order valence-electron chi connectivity index (χ0n) is 15.1. The number of hydrogen-bond donors (Lipinski definition) is 2. The molecule has 1 amide bonds. The first-order valence-corrected chi connectivity index (χ1v) is 8.25. The summed E-state index contributed by atoms with van der Waals surface area (Å²) >= 11 is 0. The maximum absolute atomic E-state index is 12.1. The summed E-state index contributed by atoms with van der Waals surface area (Å²) in [6.07, 6.45) is -0.438. The second kappa shape index (κ2) is 9.01. The molecule has 1 atom stereocenters. The molecule has 0 aliphatic carbocycles. The summed E-state index contributed by atoms with van der Waals surface area (Å²) in [7, 11) is 3.07. The number of hydrogen-bond acceptors (Lipinski definition) is 5. The number of rotatable bonds is 8. The third kappa shape index (κ3) is 5.07. The smallest absolute Gasteiger partial charge is 0.224 e. The number of ketones is 1. The Labute approximate surface area is 152 Å². The van der Waals surface area contributed by atoms with Crippen molar-refractivity contribution < 1.29 is 24.2 Å². The quantitative estimate of drug-likeness (QED) is 0.708. The van der Waals surface area contributed by atoms with Crippen LogP contribution in [0.4, 0.5) is 5.69 Å². The Hall–Kier alpha value is -2.86. The Morgan fingerprint density at radius 2 is 1.77 bits per heavy atom. The summed E-state index contributed by atoms with van der Waals surface area (Å²) in [5.41, 5.74) is 1.80. The van der Waals surface area contributed by atoms with E-state index >= 15 is 0 Å². The number of aliphatic hydroxyl groups is 1. The lowest BCUT2D eigenvalue weighted by molar-refractivity contribution is -0.116. The zero-order valence-corrected chi connectivity index (χ0v) is 15.1. The molecule has 0 aliphatic heterocycles. The molecular weight excluding hydrogens is 334 g/mol. The zero-order chi connectivity index (χ0) is 19.1. The second-order valence-electron chi connectivity index (χ2n) is 5.84. The van der Waals surface area contributed by atoms with Gasteiger partial charge in [0.2, 0.25) is 5.91 Å². The van der Waals surface area contributed by atoms with Gasteiger partial charge in [-0.3, -0.25) is 9.59 Å². The molecule has 0 saturated carbocycles. The van der Waals surface area contributed by atoms with Gasteiger partial charge in [-0.25, -0.2) is 0 Å². The van der Waals surface area contributed by atoms with E-state index in [0.29, 0.717) is 28.3 Å². The maximum atomic E-state index is 12.1. The van der Waals surface area contributed by atoms with Crippen LogP contribution in [-0.2, 0) is 4.79 Å². The molecule has 2 aromatic rings. The van der Waals surface area contributed by atoms with Gasteiger partial charge in [0.25, 0.3) is 0 Å². The monoisotopic (exact) mass is 357 g/mol. The number of carbonyl (C=O) groups excluding carboxylic acids is 2. The SMILES string of the molecule is COc1ccc(C(O)CCC(=O)Nc2ccc(C(C)=O)cc2)c(OC)c1. The molecule has 6 nitrogen and oxygen atoms in total. The molecule has 0 aliphatic rings. The van der Waals surface area contributed by atoms with E-state index in [1.807, 2.05) is 0 Å². The van der Waals surface area contributed by atoms with Crippen molar-refractivity contribution in [2.45, 2.75) is 25.9 Å². The third-order valence-electron chi connectivity index (χ3n) is 4.02. The first-order chi connectivity index (χ1) is 12.4. The van der Waals surface area contributed by atoms with Gasteiger partial charge in [0, 0.05) is 29.3 Å². The molecule has 2 rings (SSSR count). The molecule has 0 spiro atoms. The molecule has 138 valence electrons. The number of aliphatic hydroxyl groups excluding tert-OH is 1. The molecule has 0 saturated heterocycles. The maximum Gasteiger partial charge on any atom is 0.224 e. The van der Waals surface area contributed by atoms with Gasteiger partial charge < -0.3 is 19.9 Å². The first-order valence-electron chi connectivity index (χ1n) is 8.25. The van der Waals surface area contributed by atoms with Crippen LogP contribution in [0.2, 0.25) is 0 Å². The standard InChI is InChI=1S/C20H23NO5/c1-13(22)14-4-6-15(7-5-14)21-20(24)11-10-18(23)17-9-8-16(25-2)12-19(17)26-3/h4-9,12,18,23H,10-11H2,1-3H3,(H,21,24). The lowest BCUT2D eigenvalue weighted by Crippen LogP contribution is -2.13. The predicted molar refractivity (Wildman–Crippen MR) is 98.8 cm³/mol. The van der Waals surface area contributed by atoms with Crippen molar-refractivity contribution in [3.8, 4) is 11.5 Å². The molecule has 0 heterocycles. The van der Waals surface area contributed by atoms with E-state index in [-0.39, 0.29) is 24.5 Å². The van der Waals surface area contributed by atoms with Crippen molar-refractivity contribution in [1.29, 1.82) is 0 Å². The van der Waals surface area contributed by atoms with E-state index in [2.05, 4.69) is 5.32 Å². The van der Waals surface area contributed by atoms with Gasteiger partial charge in [0.15, 0.2) is 5.78 Å². The molecule has 0 aromatic heterocycles. The average Bonchev–Trinajstić information content (AvgIpc) is 2.65. The average molecular weight is 357 g/mol. The summed E-state index contributed by atoms with van der Waals surface area (Å²) in [6.45, 7) is 1.49. The van der Waals surface area contributed by atoms with Crippen molar-refractivity contribution in [3.63, 3.8) is 0 Å². The molecular formula is C20H23NO5. The number of amides is 1. The van der Waals surface area contributed by atoms with Crippen LogP contribution < -0.4 is 14.8 Å². The van der Waals surface area contributed by atoms with E-state index in [9.17, 15) is 14.7 Å². The highest BCUT2D eigenvalue weighted by Gasteiger charge is 2.16. The predicted octanol–water partition coefficient (Wildman–Crippen LogP) is 3.36. The minimum Gasteiger partial charge on any atom is -0.497 e. The largest absolute Gasteiger partial charge is 0.497 e. The Balaban J connectivity index is 1.93. The second-order valence-corrected chi connectivity index (χ2v) is 5.84. The minimum absolute atomic E-state index is 0.0283. The van der Waals surface area contributed by atoms with Gasteiger partial charge in [-0.05, 0) is 49.7 Å². The van der Waals surface area contributed by atoms with Gasteiger partial charge in [-0.1, -0.05) is 0 Å². The van der Waals surface area contributed by atoms with Crippen LogP contribution in [0.5, 0.6) is 11.5 Å². The van der Waals surface area contributed by atoms with Crippen LogP contribution >= 0.6 is 0 Å². The first kappa shape index (κ1) is 19.5. The van der Waals surface area contributed by atoms with Crippen LogP contribution in [0.3, 0.4) is 0 Å². The normalized spacial score (nSPS) is 11.5. The fraction of sp³-hybridized carbons (Fsp3) is 0.300. The van der Waals surface area contributed by atoms with Crippen molar-refractivity contribution in [3.05, 3.63) is 53.6 Å². The van der Waals surface area contributed by atoms with Crippen molar-refractivity contribution in [1.82, 2.24) is 0 Å². The lowest BCUT2D eigenvalue weighted by Gasteiger charge is -2.15. The van der Waals surface area contributed by atoms with E-state index < -0.39 is 6.10 Å². The Morgan fingerprint density at radius 3 is 2.35 bits per heavy atom. The Bertz CT molecular complexity index is 770. The molecule has 2 N–H and O–H groups in total. The fourth-order valence-electron chi connectivity index (χ4n) is 2.53. The topological polar surface area (TPSA) is 84.9 Å². The van der Waals surface area contributed by atoms with Gasteiger partial charge in [-0.15, -0.1) is 0 Å². The Morgan fingerprint density at radius 1 is 1.08 bits per heavy atom. The number of benzene rings is 2. The molecule has 6 heteroatoms. The van der Waals surface area contributed by atoms with Gasteiger partial charge in [-0.2, -0.15) is 0 Å². The van der Waals surface area contributed by atoms with Gasteiger partial charge in [0.05, 0.1) is 20.3 Å². The molecule has 0 fully saturated rings. The minimum atomic E-state index is -0.832. The van der Waals surface area contributed by atoms with Crippen LogP contribution in [0.25, 0.3) is 0 Å². The number of Topliss-reactive ketones (excluding diaryl/α,β-unsaturated/α-hetero) is 1. The van der Waals surface area contributed by atoms with Gasteiger partial charge >= 0.3 is 0 Å². The summed E-state index contributed by atoms with van der Waals surface area (Å²) in [4.78, 5) is 23.3. The lowest BCUT2D eigenvalue weighted by atomic mass is 10.0. The number of carbonyl (C=O) groups is 2. The number of nitrogens with one attached hydrogen (secondary N) is 1. The van der Waals surface area contributed by atoms with Crippen molar-refractivity contribution in [2.75, 3.05) is 19.5 Å². The fourth-order valence-corrected chi connectivity index (χ4v) is 2.53. The van der Waals surface area contributed by atoms with Crippen LogP contribution in [0.1, 0.15) is 41.8 Å². The number of anilines is 1. The van der Waals surface area contributed by atoms with Crippen LogP contribution in [0, 0.1) is 0 Å². The Kier molecular flexibility index (Phi) is 6.74. The van der Waals surface area contributed by atoms with Crippen LogP contribution in [0.15, 0.2) is 42.5 Å². The highest BCUT2D eigenvalue weighted by Crippen LogP contribution is 2.31. The van der Waals surface area contributed by atoms with E-state index in [1.165, 1.54) is 14.0 Å². The summed E-state index contributed by atoms with van der Waals surface area (Å²) in [6, 6.07) is 11.8. The molecule has 2 aromatic carbocycles. The highest BCUT2D eigenvalue weighted by molar-refractivity contribution is 5.95. The van der Waals surface area contributed by atoms with Crippen molar-refractivity contribution >= 4 is 17.4 Å². The number of ether oxygens (including phenoxy) is 2. The number of methoxy groups -OCH3 is 2. The summed E-state index contributed by atoms with van der Waals surface area (Å²) in [5, 5.41) is 13.1. The van der Waals surface area contributed by atoms with Crippen molar-refractivity contribution in [2.24, 2.45) is 0 Å². The third-order valence-corrected chi connectivity index (χ3v) is 4.02. The van der Waals surface area contributed by atoms with E-state index in [4.69, 9.17) is 9.47 Å². The van der Waals surface area contributed by atoms with E-state index in [0.717, 1.165) is 0 Å². The molecule has 1 unspecified atom stereocenters. The van der Waals surface area contributed by atoms with E-state index in [1.54, 1.807) is 49.6 Å². The van der Waals surface area contributed by atoms with Gasteiger partial charge in [0.1, 0.15) is 11.5 Å². The molecule has 0 bridgehead atoms. The highest BCUT2D eigenvalue weighted by atomic mass is 16.5. The summed E-state index contributed by atoms with van der Waals surface area (Å²) in [5.74, 6) is 0.896. The molecule has 26 heavy (non-hydrogen) atoms. The summed E-state index contributed by atoms with van der Waals surface area (Å²) < 4.78 is 10.4.